The summed E-state index contributed by atoms with van der Waals surface area (Å²) in [6, 6.07) is 1.83. The van der Waals surface area contributed by atoms with Gasteiger partial charge in [0.1, 0.15) is 10.8 Å². The Morgan fingerprint density at radius 1 is 1.62 bits per heavy atom. The minimum absolute atomic E-state index is 0.547. The maximum absolute atomic E-state index is 5.91. The third-order valence-electron chi connectivity index (χ3n) is 1.75. The van der Waals surface area contributed by atoms with Gasteiger partial charge in [-0.15, -0.1) is 0 Å². The summed E-state index contributed by atoms with van der Waals surface area (Å²) >= 11 is 9.28. The number of halogens is 2. The van der Waals surface area contributed by atoms with Crippen LogP contribution in [0, 0.1) is 0 Å². The molecule has 0 aliphatic rings. The van der Waals surface area contributed by atoms with Gasteiger partial charge >= 0.3 is 0 Å². The van der Waals surface area contributed by atoms with Crippen molar-refractivity contribution in [3.8, 4) is 5.75 Å². The average Bonchev–Trinajstić information content (AvgIpc) is 2.46. The Morgan fingerprint density at radius 3 is 3.08 bits per heavy atom. The highest BCUT2D eigenvalue weighted by Gasteiger charge is 2.06. The first-order valence-corrected chi connectivity index (χ1v) is 4.76. The van der Waals surface area contributed by atoms with E-state index in [0.717, 1.165) is 9.99 Å². The third kappa shape index (κ3) is 1.40. The second kappa shape index (κ2) is 3.20. The van der Waals surface area contributed by atoms with E-state index in [4.69, 9.17) is 16.3 Å². The molecule has 68 valence electrons. The SMILES string of the molecule is COc1cc2c(Br)cnn2cc1Cl. The number of pyridine rings is 1. The van der Waals surface area contributed by atoms with Crippen LogP contribution in [0.1, 0.15) is 0 Å². The molecule has 0 fully saturated rings. The van der Waals surface area contributed by atoms with Gasteiger partial charge < -0.3 is 4.74 Å². The summed E-state index contributed by atoms with van der Waals surface area (Å²) in [5, 5.41) is 4.63. The predicted molar refractivity (Wildman–Crippen MR) is 54.5 cm³/mol. The zero-order valence-corrected chi connectivity index (χ0v) is 9.13. The van der Waals surface area contributed by atoms with Crippen LogP contribution in [0.3, 0.4) is 0 Å². The molecule has 0 atom stereocenters. The second-order valence-electron chi connectivity index (χ2n) is 2.51. The first kappa shape index (κ1) is 8.84. The number of nitrogens with zero attached hydrogens (tertiary/aromatic N) is 2. The number of aromatic nitrogens is 2. The van der Waals surface area contributed by atoms with Gasteiger partial charge in [-0.25, -0.2) is 4.52 Å². The van der Waals surface area contributed by atoms with Gasteiger partial charge in [-0.3, -0.25) is 0 Å². The van der Waals surface area contributed by atoms with Crippen LogP contribution in [0.2, 0.25) is 5.02 Å². The average molecular weight is 262 g/mol. The number of rotatable bonds is 1. The molecule has 0 aromatic carbocycles. The minimum Gasteiger partial charge on any atom is -0.495 e. The molecule has 0 aliphatic carbocycles. The summed E-state index contributed by atoms with van der Waals surface area (Å²) in [6.07, 6.45) is 3.42. The summed E-state index contributed by atoms with van der Waals surface area (Å²) in [5.41, 5.74) is 0.932. The Morgan fingerprint density at radius 2 is 2.38 bits per heavy atom. The molecular weight excluding hydrogens is 255 g/mol. The largest absolute Gasteiger partial charge is 0.495 e. The zero-order chi connectivity index (χ0) is 9.42. The molecule has 0 aliphatic heterocycles. The number of hydrogen-bond donors (Lipinski definition) is 0. The lowest BCUT2D eigenvalue weighted by atomic mass is 10.4. The van der Waals surface area contributed by atoms with Gasteiger partial charge in [-0.2, -0.15) is 5.10 Å². The Bertz CT molecular complexity index is 455. The van der Waals surface area contributed by atoms with E-state index >= 15 is 0 Å². The summed E-state index contributed by atoms with van der Waals surface area (Å²) in [7, 11) is 1.59. The first-order valence-electron chi connectivity index (χ1n) is 3.59. The van der Waals surface area contributed by atoms with Crippen LogP contribution in [0.4, 0.5) is 0 Å². The van der Waals surface area contributed by atoms with E-state index in [0.29, 0.717) is 10.8 Å². The van der Waals surface area contributed by atoms with E-state index < -0.39 is 0 Å². The van der Waals surface area contributed by atoms with Gasteiger partial charge in [0.15, 0.2) is 0 Å². The fourth-order valence-corrected chi connectivity index (χ4v) is 1.72. The second-order valence-corrected chi connectivity index (χ2v) is 3.77. The highest BCUT2D eigenvalue weighted by molar-refractivity contribution is 9.10. The van der Waals surface area contributed by atoms with Crippen molar-refractivity contribution >= 4 is 33.0 Å². The molecule has 0 spiro atoms. The topological polar surface area (TPSA) is 26.5 Å². The molecule has 13 heavy (non-hydrogen) atoms. The number of ether oxygens (including phenoxy) is 1. The number of hydrogen-bond acceptors (Lipinski definition) is 2. The van der Waals surface area contributed by atoms with Gasteiger partial charge in [0.05, 0.1) is 29.5 Å². The van der Waals surface area contributed by atoms with Crippen molar-refractivity contribution in [2.45, 2.75) is 0 Å². The van der Waals surface area contributed by atoms with Crippen LogP contribution in [0.25, 0.3) is 5.52 Å². The van der Waals surface area contributed by atoms with E-state index in [-0.39, 0.29) is 0 Å². The normalized spacial score (nSPS) is 10.7. The Balaban J connectivity index is 2.77. The van der Waals surface area contributed by atoms with Crippen molar-refractivity contribution < 1.29 is 4.74 Å². The van der Waals surface area contributed by atoms with Crippen molar-refractivity contribution in [2.24, 2.45) is 0 Å². The molecule has 0 amide bonds. The third-order valence-corrected chi connectivity index (χ3v) is 2.64. The van der Waals surface area contributed by atoms with Gasteiger partial charge in [0, 0.05) is 6.07 Å². The fraction of sp³-hybridized carbons (Fsp3) is 0.125. The zero-order valence-electron chi connectivity index (χ0n) is 6.79. The van der Waals surface area contributed by atoms with Gasteiger partial charge in [-0.1, -0.05) is 11.6 Å². The van der Waals surface area contributed by atoms with Crippen LogP contribution in [0.15, 0.2) is 22.9 Å². The molecule has 0 bridgehead atoms. The molecule has 2 aromatic rings. The highest BCUT2D eigenvalue weighted by atomic mass is 79.9. The lowest BCUT2D eigenvalue weighted by Crippen LogP contribution is -1.90. The molecule has 5 heteroatoms. The molecule has 0 unspecified atom stereocenters. The Kier molecular flexibility index (Phi) is 2.17. The van der Waals surface area contributed by atoms with Crippen LogP contribution >= 0.6 is 27.5 Å². The lowest BCUT2D eigenvalue weighted by molar-refractivity contribution is 0.414. The van der Waals surface area contributed by atoms with E-state index in [1.54, 1.807) is 24.0 Å². The van der Waals surface area contributed by atoms with Crippen LogP contribution in [-0.4, -0.2) is 16.7 Å². The van der Waals surface area contributed by atoms with Crippen molar-refractivity contribution in [1.29, 1.82) is 0 Å². The predicted octanol–water partition coefficient (Wildman–Crippen LogP) is 2.76. The van der Waals surface area contributed by atoms with E-state index in [1.807, 2.05) is 6.07 Å². The molecule has 0 saturated carbocycles. The molecule has 3 nitrogen and oxygen atoms in total. The van der Waals surface area contributed by atoms with Crippen LogP contribution < -0.4 is 4.74 Å². The molecule has 2 heterocycles. The van der Waals surface area contributed by atoms with E-state index in [9.17, 15) is 0 Å². The molecule has 2 rings (SSSR count). The summed E-state index contributed by atoms with van der Waals surface area (Å²) in [4.78, 5) is 0. The van der Waals surface area contributed by atoms with Gasteiger partial charge in [-0.05, 0) is 15.9 Å². The van der Waals surface area contributed by atoms with Gasteiger partial charge in [0.2, 0.25) is 0 Å². The van der Waals surface area contributed by atoms with Crippen molar-refractivity contribution in [3.63, 3.8) is 0 Å². The van der Waals surface area contributed by atoms with Gasteiger partial charge in [0.25, 0.3) is 0 Å². The first-order chi connectivity index (χ1) is 6.22. The monoisotopic (exact) mass is 260 g/mol. The van der Waals surface area contributed by atoms with Crippen molar-refractivity contribution in [2.75, 3.05) is 7.11 Å². The van der Waals surface area contributed by atoms with E-state index in [2.05, 4.69) is 21.0 Å². The molecule has 2 aromatic heterocycles. The summed E-state index contributed by atoms with van der Waals surface area (Å²) in [5.74, 6) is 0.648. The quantitative estimate of drug-likeness (QED) is 0.789. The fourth-order valence-electron chi connectivity index (χ4n) is 1.11. The van der Waals surface area contributed by atoms with Crippen molar-refractivity contribution in [3.05, 3.63) is 28.0 Å². The number of fused-ring (bicyclic) bond motifs is 1. The summed E-state index contributed by atoms with van der Waals surface area (Å²) in [6.45, 7) is 0. The van der Waals surface area contributed by atoms with Crippen LogP contribution in [0.5, 0.6) is 5.75 Å². The molecular formula is C8H6BrClN2O. The maximum atomic E-state index is 5.91. The summed E-state index contributed by atoms with van der Waals surface area (Å²) < 4.78 is 7.69. The minimum atomic E-state index is 0.547. The molecule has 0 N–H and O–H groups in total. The highest BCUT2D eigenvalue weighted by Crippen LogP contribution is 2.28. The standard InChI is InChI=1S/C8H6BrClN2O/c1-13-8-2-7-5(9)3-11-12(7)4-6(8)10/h2-4H,1H3. The smallest absolute Gasteiger partial charge is 0.141 e. The number of methoxy groups -OCH3 is 1. The molecule has 0 saturated heterocycles. The Labute approximate surface area is 88.4 Å². The van der Waals surface area contributed by atoms with Crippen LogP contribution in [-0.2, 0) is 0 Å². The Hall–Kier alpha value is -0.740. The van der Waals surface area contributed by atoms with Crippen molar-refractivity contribution in [1.82, 2.24) is 9.61 Å². The van der Waals surface area contributed by atoms with E-state index in [1.165, 1.54) is 0 Å². The lowest BCUT2D eigenvalue weighted by Gasteiger charge is -2.02. The maximum Gasteiger partial charge on any atom is 0.141 e. The molecule has 0 radical (unpaired) electrons.